The number of halogens is 2. The van der Waals surface area contributed by atoms with Gasteiger partial charge >= 0.3 is 6.03 Å². The van der Waals surface area contributed by atoms with Crippen molar-refractivity contribution in [3.05, 3.63) is 94.0 Å². The number of aliphatic hydroxyl groups is 1. The lowest BCUT2D eigenvalue weighted by Gasteiger charge is -2.44. The zero-order valence-corrected chi connectivity index (χ0v) is 19.6. The molecule has 3 aromatic rings. The summed E-state index contributed by atoms with van der Waals surface area (Å²) in [7, 11) is 1.55. The smallest absolute Gasteiger partial charge is 0.332 e. The van der Waals surface area contributed by atoms with Crippen molar-refractivity contribution in [2.45, 2.75) is 25.1 Å². The van der Waals surface area contributed by atoms with Gasteiger partial charge in [-0.15, -0.1) is 0 Å². The summed E-state index contributed by atoms with van der Waals surface area (Å²) in [5.41, 5.74) is -0.274. The monoisotopic (exact) mass is 470 g/mol. The summed E-state index contributed by atoms with van der Waals surface area (Å²) in [6.45, 7) is 3.85. The predicted molar refractivity (Wildman–Crippen MR) is 129 cm³/mol. The van der Waals surface area contributed by atoms with Crippen molar-refractivity contribution in [3.8, 4) is 0 Å². The van der Waals surface area contributed by atoms with Gasteiger partial charge in [0.25, 0.3) is 0 Å². The highest BCUT2D eigenvalue weighted by atomic mass is 35.5. The Hall–Kier alpha value is -2.57. The van der Waals surface area contributed by atoms with E-state index in [0.717, 1.165) is 5.56 Å². The number of methoxy groups -OCH3 is 1. The maximum atomic E-state index is 14.0. The Bertz CT molecular complexity index is 1140. The molecule has 32 heavy (non-hydrogen) atoms. The Morgan fingerprint density at radius 3 is 1.94 bits per heavy atom. The minimum absolute atomic E-state index is 0.0793. The fraction of sp³-hybridized carbons (Fsp3) is 0.240. The molecule has 1 fully saturated rings. The molecule has 0 aromatic heterocycles. The number of carbonyl (C=O) groups excluding carboxylic acids is 1. The SMILES string of the molecule is COC[C@]1(C)N(c2ccc(Cl)cc2)C(=O)N(c2ccc(Cl)cc2)[C@]1(O)c1cccc(C)c1. The third kappa shape index (κ3) is 3.46. The fourth-order valence-electron chi connectivity index (χ4n) is 4.47. The van der Waals surface area contributed by atoms with Crippen LogP contribution in [0.25, 0.3) is 0 Å². The first-order valence-electron chi connectivity index (χ1n) is 10.2. The van der Waals surface area contributed by atoms with E-state index in [-0.39, 0.29) is 6.61 Å². The van der Waals surface area contributed by atoms with E-state index in [9.17, 15) is 9.90 Å². The Kier molecular flexibility index (Phi) is 5.94. The fourth-order valence-corrected chi connectivity index (χ4v) is 4.72. The van der Waals surface area contributed by atoms with E-state index in [1.165, 1.54) is 4.90 Å². The molecule has 1 saturated heterocycles. The van der Waals surface area contributed by atoms with Crippen LogP contribution in [0.4, 0.5) is 16.2 Å². The van der Waals surface area contributed by atoms with E-state index < -0.39 is 17.3 Å². The lowest BCUT2D eigenvalue weighted by Crippen LogP contribution is -2.60. The first kappa shape index (κ1) is 22.6. The van der Waals surface area contributed by atoms with Crippen LogP contribution in [0.3, 0.4) is 0 Å². The van der Waals surface area contributed by atoms with Crippen LogP contribution >= 0.6 is 23.2 Å². The maximum Gasteiger partial charge on any atom is 0.332 e. The average Bonchev–Trinajstić information content (AvgIpc) is 2.93. The summed E-state index contributed by atoms with van der Waals surface area (Å²) >= 11 is 12.2. The average molecular weight is 471 g/mol. The molecule has 2 amide bonds. The number of urea groups is 1. The molecule has 1 heterocycles. The number of ether oxygens (including phenoxy) is 1. The van der Waals surface area contributed by atoms with Crippen molar-refractivity contribution in [2.24, 2.45) is 0 Å². The van der Waals surface area contributed by atoms with Gasteiger partial charge in [0.15, 0.2) is 5.72 Å². The molecule has 0 spiro atoms. The lowest BCUT2D eigenvalue weighted by molar-refractivity contribution is -0.0410. The van der Waals surface area contributed by atoms with E-state index in [0.29, 0.717) is 27.0 Å². The Labute approximate surface area is 197 Å². The second kappa shape index (κ2) is 8.41. The molecule has 4 rings (SSSR count). The quantitative estimate of drug-likeness (QED) is 0.497. The minimum atomic E-state index is -1.75. The van der Waals surface area contributed by atoms with Gasteiger partial charge < -0.3 is 9.84 Å². The van der Waals surface area contributed by atoms with E-state index >= 15 is 0 Å². The summed E-state index contributed by atoms with van der Waals surface area (Å²) in [4.78, 5) is 17.0. The van der Waals surface area contributed by atoms with E-state index in [2.05, 4.69) is 0 Å². The van der Waals surface area contributed by atoms with Crippen molar-refractivity contribution in [2.75, 3.05) is 23.5 Å². The zero-order valence-electron chi connectivity index (χ0n) is 18.0. The zero-order chi connectivity index (χ0) is 23.1. The molecule has 0 bridgehead atoms. The van der Waals surface area contributed by atoms with Gasteiger partial charge in [-0.3, -0.25) is 9.80 Å². The lowest BCUT2D eigenvalue weighted by atomic mass is 9.82. The van der Waals surface area contributed by atoms with Gasteiger partial charge in [0.2, 0.25) is 0 Å². The number of anilines is 2. The Morgan fingerprint density at radius 1 is 0.906 bits per heavy atom. The molecule has 2 atom stereocenters. The molecule has 3 aromatic carbocycles. The Balaban J connectivity index is 2.01. The molecule has 0 unspecified atom stereocenters. The number of aryl methyl sites for hydroxylation is 1. The van der Waals surface area contributed by atoms with Gasteiger partial charge in [0.1, 0.15) is 5.54 Å². The van der Waals surface area contributed by atoms with Crippen LogP contribution in [0.2, 0.25) is 10.0 Å². The molecule has 166 valence electrons. The number of amides is 2. The topological polar surface area (TPSA) is 53.0 Å². The second-order valence-corrected chi connectivity index (χ2v) is 9.03. The van der Waals surface area contributed by atoms with Gasteiger partial charge in [0.05, 0.1) is 6.61 Å². The van der Waals surface area contributed by atoms with Crippen molar-refractivity contribution in [1.82, 2.24) is 0 Å². The molecule has 0 saturated carbocycles. The highest BCUT2D eigenvalue weighted by molar-refractivity contribution is 6.31. The van der Waals surface area contributed by atoms with Gasteiger partial charge in [-0.05, 0) is 62.4 Å². The van der Waals surface area contributed by atoms with Crippen LogP contribution in [0, 0.1) is 6.92 Å². The summed E-state index contributed by atoms with van der Waals surface area (Å²) < 4.78 is 5.58. The van der Waals surface area contributed by atoms with Crippen LogP contribution in [-0.2, 0) is 10.5 Å². The highest BCUT2D eigenvalue weighted by Gasteiger charge is 2.66. The summed E-state index contributed by atoms with van der Waals surface area (Å²) in [6, 6.07) is 20.9. The number of benzene rings is 3. The van der Waals surface area contributed by atoms with Crippen LogP contribution in [0.15, 0.2) is 72.8 Å². The van der Waals surface area contributed by atoms with Gasteiger partial charge in [0, 0.05) is 34.1 Å². The van der Waals surface area contributed by atoms with Gasteiger partial charge in [-0.25, -0.2) is 4.79 Å². The number of carbonyl (C=O) groups is 1. The van der Waals surface area contributed by atoms with Crippen LogP contribution in [0.1, 0.15) is 18.1 Å². The molecule has 0 aliphatic carbocycles. The molecule has 7 heteroatoms. The molecule has 1 N–H and O–H groups in total. The van der Waals surface area contributed by atoms with Crippen molar-refractivity contribution in [3.63, 3.8) is 0 Å². The summed E-state index contributed by atoms with van der Waals surface area (Å²) in [5.74, 6) is 0. The van der Waals surface area contributed by atoms with Crippen molar-refractivity contribution < 1.29 is 14.6 Å². The summed E-state index contributed by atoms with van der Waals surface area (Å²) in [6.07, 6.45) is 0. The van der Waals surface area contributed by atoms with Crippen LogP contribution in [-0.4, -0.2) is 30.4 Å². The standard InChI is InChI=1S/C25H24Cl2N2O3/c1-17-5-4-6-18(15-17)25(31)24(2,16-32-3)28(21-11-7-19(26)8-12-21)23(30)29(25)22-13-9-20(27)10-14-22/h4-15,31H,16H2,1-3H3/t24-,25-/m0/s1. The van der Waals surface area contributed by atoms with Crippen molar-refractivity contribution >= 4 is 40.6 Å². The van der Waals surface area contributed by atoms with Crippen LogP contribution < -0.4 is 9.80 Å². The van der Waals surface area contributed by atoms with E-state index in [4.69, 9.17) is 27.9 Å². The van der Waals surface area contributed by atoms with Crippen molar-refractivity contribution in [1.29, 1.82) is 0 Å². The van der Waals surface area contributed by atoms with Gasteiger partial charge in [-0.2, -0.15) is 0 Å². The highest BCUT2D eigenvalue weighted by Crippen LogP contribution is 2.51. The molecule has 1 aliphatic rings. The van der Waals surface area contributed by atoms with E-state index in [1.54, 1.807) is 60.5 Å². The number of hydrogen-bond acceptors (Lipinski definition) is 3. The maximum absolute atomic E-state index is 14.0. The molecular weight excluding hydrogens is 447 g/mol. The molecule has 1 aliphatic heterocycles. The van der Waals surface area contributed by atoms with Crippen LogP contribution in [0.5, 0.6) is 0 Å². The minimum Gasteiger partial charge on any atom is -0.382 e. The third-order valence-corrected chi connectivity index (χ3v) is 6.47. The predicted octanol–water partition coefficient (Wildman–Crippen LogP) is 6.00. The number of nitrogens with zero attached hydrogens (tertiary/aromatic N) is 2. The molecular formula is C25H24Cl2N2O3. The summed E-state index contributed by atoms with van der Waals surface area (Å²) in [5, 5.41) is 13.6. The largest absolute Gasteiger partial charge is 0.382 e. The van der Waals surface area contributed by atoms with E-state index in [1.807, 2.05) is 38.1 Å². The Morgan fingerprint density at radius 2 is 1.44 bits per heavy atom. The molecule has 0 radical (unpaired) electrons. The first-order chi connectivity index (χ1) is 15.2. The van der Waals surface area contributed by atoms with Gasteiger partial charge in [-0.1, -0.05) is 53.0 Å². The number of hydrogen-bond donors (Lipinski definition) is 1. The number of rotatable bonds is 5. The third-order valence-electron chi connectivity index (χ3n) is 5.97. The molecule has 5 nitrogen and oxygen atoms in total. The second-order valence-electron chi connectivity index (χ2n) is 8.15. The normalized spacial score (nSPS) is 23.1. The first-order valence-corrected chi connectivity index (χ1v) is 10.9.